The minimum Gasteiger partial charge on any atom is -0.496 e. The second kappa shape index (κ2) is 6.80. The second-order valence-electron chi connectivity index (χ2n) is 9.20. The van der Waals surface area contributed by atoms with Gasteiger partial charge in [0.05, 0.1) is 12.7 Å². The predicted molar refractivity (Wildman–Crippen MR) is 115 cm³/mol. The van der Waals surface area contributed by atoms with E-state index in [1.54, 1.807) is 7.11 Å². The van der Waals surface area contributed by atoms with Gasteiger partial charge in [0.25, 0.3) is 0 Å². The molecule has 0 heterocycles. The molecule has 0 unspecified atom stereocenters. The normalized spacial score (nSPS) is 16.9. The zero-order valence-corrected chi connectivity index (χ0v) is 17.8. The molecular weight excluding hydrogens is 348 g/mol. The minimum absolute atomic E-state index is 0.0415. The Labute approximate surface area is 168 Å². The van der Waals surface area contributed by atoms with E-state index in [1.165, 1.54) is 22.3 Å². The van der Waals surface area contributed by atoms with Crippen LogP contribution in [0.1, 0.15) is 62.8 Å². The van der Waals surface area contributed by atoms with Crippen molar-refractivity contribution in [2.75, 3.05) is 7.11 Å². The van der Waals surface area contributed by atoms with Crippen molar-refractivity contribution in [1.82, 2.24) is 0 Å². The van der Waals surface area contributed by atoms with Gasteiger partial charge in [-0.3, -0.25) is 0 Å². The molecule has 0 bridgehead atoms. The Morgan fingerprint density at radius 2 is 1.71 bits per heavy atom. The summed E-state index contributed by atoms with van der Waals surface area (Å²) in [6.45, 7) is 15.1. The fraction of sp³-hybridized carbons (Fsp3) is 0.400. The van der Waals surface area contributed by atoms with Crippen LogP contribution in [0.15, 0.2) is 36.9 Å². The molecule has 1 N–H and O–H groups in total. The van der Waals surface area contributed by atoms with Crippen molar-refractivity contribution in [3.05, 3.63) is 59.2 Å². The lowest BCUT2D eigenvalue weighted by Gasteiger charge is -2.43. The lowest BCUT2D eigenvalue weighted by Crippen LogP contribution is -2.34. The Balaban J connectivity index is 2.31. The van der Waals surface area contributed by atoms with Crippen molar-refractivity contribution in [2.24, 2.45) is 0 Å². The van der Waals surface area contributed by atoms with Gasteiger partial charge >= 0.3 is 5.97 Å². The fourth-order valence-corrected chi connectivity index (χ4v) is 4.39. The number of rotatable bonds is 4. The summed E-state index contributed by atoms with van der Waals surface area (Å²) >= 11 is 0. The van der Waals surface area contributed by atoms with Crippen LogP contribution in [0.25, 0.3) is 16.7 Å². The summed E-state index contributed by atoms with van der Waals surface area (Å²) in [5.41, 5.74) is 6.89. The Hall–Kier alpha value is -2.55. The van der Waals surface area contributed by atoms with E-state index in [1.807, 2.05) is 18.2 Å². The van der Waals surface area contributed by atoms with Gasteiger partial charge in [0.1, 0.15) is 5.75 Å². The van der Waals surface area contributed by atoms with Crippen LogP contribution in [0.3, 0.4) is 0 Å². The maximum Gasteiger partial charge on any atom is 0.335 e. The summed E-state index contributed by atoms with van der Waals surface area (Å²) in [6.07, 6.45) is 2.27. The number of fused-ring (bicyclic) bond motifs is 1. The molecule has 0 atom stereocenters. The summed E-state index contributed by atoms with van der Waals surface area (Å²) in [5.74, 6) is -0.513. The molecule has 148 valence electrons. The summed E-state index contributed by atoms with van der Waals surface area (Å²) in [6, 6.07) is 10.3. The van der Waals surface area contributed by atoms with Crippen molar-refractivity contribution in [1.29, 1.82) is 0 Å². The number of carbonyl (C=O) groups is 1. The SMILES string of the molecule is C=C(C(=O)O)c1cc(-c2cc(C)cc3c2C(C)(C)CCC3(C)C)ccc1OC. The molecule has 0 fully saturated rings. The molecule has 1 aliphatic carbocycles. The van der Waals surface area contributed by atoms with E-state index in [2.05, 4.69) is 53.3 Å². The number of hydrogen-bond donors (Lipinski definition) is 1. The Kier molecular flexibility index (Phi) is 4.91. The third-order valence-electron chi connectivity index (χ3n) is 6.16. The van der Waals surface area contributed by atoms with E-state index in [-0.39, 0.29) is 16.4 Å². The van der Waals surface area contributed by atoms with Gasteiger partial charge in [-0.1, -0.05) is 58.0 Å². The topological polar surface area (TPSA) is 46.5 Å². The molecule has 2 aromatic rings. The number of carboxylic acid groups (broad SMARTS) is 1. The third kappa shape index (κ3) is 3.34. The molecule has 0 amide bonds. The quantitative estimate of drug-likeness (QED) is 0.652. The lowest BCUT2D eigenvalue weighted by atomic mass is 9.61. The molecule has 0 radical (unpaired) electrons. The van der Waals surface area contributed by atoms with Gasteiger partial charge in [0.2, 0.25) is 0 Å². The van der Waals surface area contributed by atoms with Crippen LogP contribution in [0.5, 0.6) is 5.75 Å². The predicted octanol–water partition coefficient (Wildman–Crippen LogP) is 6.12. The highest BCUT2D eigenvalue weighted by Gasteiger charge is 2.39. The molecule has 3 nitrogen and oxygen atoms in total. The Morgan fingerprint density at radius 3 is 2.32 bits per heavy atom. The molecule has 0 saturated heterocycles. The number of methoxy groups -OCH3 is 1. The van der Waals surface area contributed by atoms with E-state index in [0.29, 0.717) is 11.3 Å². The number of hydrogen-bond acceptors (Lipinski definition) is 2. The van der Waals surface area contributed by atoms with Crippen LogP contribution in [0.2, 0.25) is 0 Å². The molecule has 0 aliphatic heterocycles. The maximum absolute atomic E-state index is 11.5. The molecule has 0 saturated carbocycles. The van der Waals surface area contributed by atoms with Gasteiger partial charge < -0.3 is 9.84 Å². The average molecular weight is 379 g/mol. The van der Waals surface area contributed by atoms with Crippen LogP contribution in [0, 0.1) is 6.92 Å². The first-order valence-electron chi connectivity index (χ1n) is 9.74. The summed E-state index contributed by atoms with van der Waals surface area (Å²) in [4.78, 5) is 11.5. The van der Waals surface area contributed by atoms with Crippen LogP contribution in [-0.2, 0) is 15.6 Å². The number of carboxylic acids is 1. The molecule has 3 rings (SSSR count). The van der Waals surface area contributed by atoms with Crippen molar-refractivity contribution in [2.45, 2.75) is 58.3 Å². The molecule has 2 aromatic carbocycles. The van der Waals surface area contributed by atoms with Gasteiger partial charge in [-0.05, 0) is 65.0 Å². The number of benzene rings is 2. The van der Waals surface area contributed by atoms with Crippen molar-refractivity contribution in [3.8, 4) is 16.9 Å². The highest BCUT2D eigenvalue weighted by molar-refractivity contribution is 6.15. The van der Waals surface area contributed by atoms with E-state index in [4.69, 9.17) is 4.74 Å². The fourth-order valence-electron chi connectivity index (χ4n) is 4.39. The molecular formula is C25H30O3. The first-order chi connectivity index (χ1) is 13.0. The smallest absolute Gasteiger partial charge is 0.335 e. The highest BCUT2D eigenvalue weighted by atomic mass is 16.5. The van der Waals surface area contributed by atoms with Crippen LogP contribution >= 0.6 is 0 Å². The third-order valence-corrected chi connectivity index (χ3v) is 6.16. The minimum atomic E-state index is -1.04. The lowest BCUT2D eigenvalue weighted by molar-refractivity contribution is -0.130. The van der Waals surface area contributed by atoms with Gasteiger partial charge in [-0.25, -0.2) is 4.79 Å². The Morgan fingerprint density at radius 1 is 1.07 bits per heavy atom. The van der Waals surface area contributed by atoms with Gasteiger partial charge in [0.15, 0.2) is 0 Å². The van der Waals surface area contributed by atoms with E-state index in [9.17, 15) is 9.90 Å². The molecule has 3 heteroatoms. The van der Waals surface area contributed by atoms with Crippen LogP contribution < -0.4 is 4.74 Å². The van der Waals surface area contributed by atoms with E-state index in [0.717, 1.165) is 18.4 Å². The standard InChI is InChI=1S/C25H30O3/c1-15-12-19(22-20(13-15)24(3,4)10-11-25(22,5)6)17-8-9-21(28-7)18(14-17)16(2)23(26)27/h8-9,12-14H,2,10-11H2,1,3-7H3,(H,26,27). The summed E-state index contributed by atoms with van der Waals surface area (Å²) < 4.78 is 5.39. The highest BCUT2D eigenvalue weighted by Crippen LogP contribution is 2.50. The monoisotopic (exact) mass is 378 g/mol. The first-order valence-corrected chi connectivity index (χ1v) is 9.74. The van der Waals surface area contributed by atoms with Gasteiger partial charge in [-0.2, -0.15) is 0 Å². The van der Waals surface area contributed by atoms with Gasteiger partial charge in [0, 0.05) is 5.56 Å². The van der Waals surface area contributed by atoms with E-state index >= 15 is 0 Å². The van der Waals surface area contributed by atoms with Crippen LogP contribution in [0.4, 0.5) is 0 Å². The second-order valence-corrected chi connectivity index (χ2v) is 9.20. The molecule has 28 heavy (non-hydrogen) atoms. The number of ether oxygens (including phenoxy) is 1. The van der Waals surface area contributed by atoms with Crippen molar-refractivity contribution in [3.63, 3.8) is 0 Å². The molecule has 1 aliphatic rings. The van der Waals surface area contributed by atoms with E-state index < -0.39 is 5.97 Å². The first kappa shape index (κ1) is 20.2. The van der Waals surface area contributed by atoms with Crippen molar-refractivity contribution < 1.29 is 14.6 Å². The largest absolute Gasteiger partial charge is 0.496 e. The summed E-state index contributed by atoms with van der Waals surface area (Å²) in [5, 5.41) is 9.45. The summed E-state index contributed by atoms with van der Waals surface area (Å²) in [7, 11) is 1.55. The molecule has 0 spiro atoms. The zero-order chi connectivity index (χ0) is 20.9. The van der Waals surface area contributed by atoms with Gasteiger partial charge in [-0.15, -0.1) is 0 Å². The van der Waals surface area contributed by atoms with Crippen LogP contribution in [-0.4, -0.2) is 18.2 Å². The Bertz CT molecular complexity index is 964. The molecule has 0 aromatic heterocycles. The van der Waals surface area contributed by atoms with Crippen molar-refractivity contribution >= 4 is 11.5 Å². The number of aliphatic carboxylic acids is 1. The maximum atomic E-state index is 11.5. The zero-order valence-electron chi connectivity index (χ0n) is 17.8. The average Bonchev–Trinajstić information content (AvgIpc) is 2.63. The number of aryl methyl sites for hydroxylation is 1.